The maximum Gasteiger partial charge on any atom is 0.416 e. The van der Waals surface area contributed by atoms with Crippen LogP contribution in [-0.4, -0.2) is 41.9 Å². The van der Waals surface area contributed by atoms with E-state index in [-0.39, 0.29) is 38.0 Å². The number of hydrogen-bond donors (Lipinski definition) is 0. The lowest BCUT2D eigenvalue weighted by molar-refractivity contribution is -0.153. The number of benzene rings is 3. The number of rotatable bonds is 4. The van der Waals surface area contributed by atoms with Crippen LogP contribution in [0.3, 0.4) is 0 Å². The zero-order valence-electron chi connectivity index (χ0n) is 19.9. The molecule has 3 aromatic rings. The van der Waals surface area contributed by atoms with E-state index < -0.39 is 17.3 Å². The molecule has 10 heteroatoms. The summed E-state index contributed by atoms with van der Waals surface area (Å²) in [5.41, 5.74) is 0.608. The molecule has 0 aromatic heterocycles. The van der Waals surface area contributed by atoms with Gasteiger partial charge in [0.15, 0.2) is 5.54 Å². The lowest BCUT2D eigenvalue weighted by Crippen LogP contribution is -2.81. The van der Waals surface area contributed by atoms with Crippen molar-refractivity contribution >= 4 is 23.2 Å². The Morgan fingerprint density at radius 3 is 1.82 bits per heavy atom. The van der Waals surface area contributed by atoms with Gasteiger partial charge in [-0.25, -0.2) is 0 Å². The molecule has 2 aliphatic heterocycles. The van der Waals surface area contributed by atoms with Crippen molar-refractivity contribution in [2.24, 2.45) is 0 Å². The van der Waals surface area contributed by atoms with E-state index in [2.05, 4.69) is 6.07 Å². The van der Waals surface area contributed by atoms with Crippen molar-refractivity contribution in [3.05, 3.63) is 95.1 Å². The third kappa shape index (κ3) is 4.31. The molecule has 0 unspecified atom stereocenters. The summed E-state index contributed by atoms with van der Waals surface area (Å²) in [6.45, 7) is 0.100. The molecule has 3 aromatic carbocycles. The van der Waals surface area contributed by atoms with Gasteiger partial charge in [-0.15, -0.1) is 0 Å². The molecule has 0 N–H and O–H groups in total. The van der Waals surface area contributed by atoms with Gasteiger partial charge >= 0.3 is 6.18 Å². The Morgan fingerprint density at radius 2 is 1.32 bits per heavy atom. The Balaban J connectivity index is 1.46. The van der Waals surface area contributed by atoms with E-state index in [1.807, 2.05) is 11.0 Å². The summed E-state index contributed by atoms with van der Waals surface area (Å²) in [5, 5.41) is 18.2. The second-order valence-corrected chi connectivity index (χ2v) is 9.27. The molecule has 1 spiro atoms. The van der Waals surface area contributed by atoms with Crippen LogP contribution in [0.4, 0.5) is 24.5 Å². The maximum atomic E-state index is 13.9. The first kappa shape index (κ1) is 24.8. The highest BCUT2D eigenvalue weighted by atomic mass is 19.4. The van der Waals surface area contributed by atoms with E-state index in [0.29, 0.717) is 22.4 Å². The van der Waals surface area contributed by atoms with Gasteiger partial charge in [0, 0.05) is 17.9 Å². The highest BCUT2D eigenvalue weighted by Gasteiger charge is 2.59. The van der Waals surface area contributed by atoms with Crippen molar-refractivity contribution in [2.45, 2.75) is 18.3 Å². The van der Waals surface area contributed by atoms with Crippen LogP contribution >= 0.6 is 0 Å². The molecule has 0 atom stereocenters. The van der Waals surface area contributed by atoms with Gasteiger partial charge in [-0.3, -0.25) is 9.59 Å². The minimum Gasteiger partial charge on any atom is -0.366 e. The Bertz CT molecular complexity index is 1460. The fourth-order valence-electron chi connectivity index (χ4n) is 4.86. The lowest BCUT2D eigenvalue weighted by Gasteiger charge is -2.58. The smallest absolute Gasteiger partial charge is 0.366 e. The number of hydrogen-bond acceptors (Lipinski definition) is 5. The molecule has 5 rings (SSSR count). The fraction of sp³-hybridized carbons (Fsp3) is 0.214. The Labute approximate surface area is 216 Å². The Kier molecular flexibility index (Phi) is 6.04. The molecule has 0 saturated carbocycles. The van der Waals surface area contributed by atoms with Crippen molar-refractivity contribution in [3.63, 3.8) is 0 Å². The average Bonchev–Trinajstić information content (AvgIpc) is 2.90. The van der Waals surface area contributed by atoms with Crippen molar-refractivity contribution < 1.29 is 22.8 Å². The standard InChI is InChI=1S/C28H20F3N5O2/c29-28(30,31)22-7-1-21(2-8-22)15-36-25(37)16-35(24-11-5-20(14-33)6-12-24)26(38)27(36)17-34(18-27)23-9-3-19(13-32)4-10-23/h1-12H,15-18H2. The van der Waals surface area contributed by atoms with Gasteiger partial charge in [-0.2, -0.15) is 23.7 Å². The van der Waals surface area contributed by atoms with Crippen LogP contribution in [0.2, 0.25) is 0 Å². The Hall–Kier alpha value is -4.83. The molecule has 0 aliphatic carbocycles. The molecule has 2 aliphatic rings. The molecule has 2 heterocycles. The number of carbonyl (C=O) groups is 2. The molecule has 0 radical (unpaired) electrons. The molecular weight excluding hydrogens is 495 g/mol. The van der Waals surface area contributed by atoms with Crippen LogP contribution in [0.25, 0.3) is 0 Å². The van der Waals surface area contributed by atoms with Gasteiger partial charge < -0.3 is 14.7 Å². The number of carbonyl (C=O) groups excluding carboxylic acids is 2. The molecule has 2 fully saturated rings. The quantitative estimate of drug-likeness (QED) is 0.522. The number of halogens is 3. The van der Waals surface area contributed by atoms with E-state index in [1.54, 1.807) is 48.5 Å². The highest BCUT2D eigenvalue weighted by molar-refractivity contribution is 6.11. The van der Waals surface area contributed by atoms with Crippen molar-refractivity contribution in [2.75, 3.05) is 29.4 Å². The van der Waals surface area contributed by atoms with Crippen molar-refractivity contribution in [1.29, 1.82) is 10.5 Å². The largest absolute Gasteiger partial charge is 0.416 e. The summed E-state index contributed by atoms with van der Waals surface area (Å²) in [6, 6.07) is 21.8. The van der Waals surface area contributed by atoms with Crippen LogP contribution in [0, 0.1) is 22.7 Å². The number of nitriles is 2. The second-order valence-electron chi connectivity index (χ2n) is 9.27. The molecule has 2 saturated heterocycles. The number of alkyl halides is 3. The molecule has 38 heavy (non-hydrogen) atoms. The summed E-state index contributed by atoms with van der Waals surface area (Å²) in [5.74, 6) is -0.646. The molecule has 190 valence electrons. The van der Waals surface area contributed by atoms with Gasteiger partial charge in [-0.05, 0) is 66.2 Å². The fourth-order valence-corrected chi connectivity index (χ4v) is 4.86. The minimum atomic E-state index is -4.48. The van der Waals surface area contributed by atoms with E-state index in [1.165, 1.54) is 21.9 Å². The predicted molar refractivity (Wildman–Crippen MR) is 132 cm³/mol. The monoisotopic (exact) mass is 515 g/mol. The predicted octanol–water partition coefficient (Wildman–Crippen LogP) is 4.08. The SMILES string of the molecule is N#Cc1ccc(N2CC3(C2)C(=O)N(c2ccc(C#N)cc2)CC(=O)N3Cc2ccc(C(F)(F)F)cc2)cc1. The molecular formula is C28H20F3N5O2. The third-order valence-corrected chi connectivity index (χ3v) is 6.95. The van der Waals surface area contributed by atoms with Crippen molar-refractivity contribution in [1.82, 2.24) is 4.90 Å². The maximum absolute atomic E-state index is 13.9. The third-order valence-electron chi connectivity index (χ3n) is 6.95. The minimum absolute atomic E-state index is 0.0227. The summed E-state index contributed by atoms with van der Waals surface area (Å²) in [6.07, 6.45) is -4.48. The van der Waals surface area contributed by atoms with Crippen LogP contribution in [0.5, 0.6) is 0 Å². The highest BCUT2D eigenvalue weighted by Crippen LogP contribution is 2.39. The van der Waals surface area contributed by atoms with E-state index in [4.69, 9.17) is 10.5 Å². The number of amides is 2. The first-order valence-electron chi connectivity index (χ1n) is 11.7. The first-order valence-corrected chi connectivity index (χ1v) is 11.7. The Morgan fingerprint density at radius 1 is 0.789 bits per heavy atom. The number of anilines is 2. The average molecular weight is 515 g/mol. The van der Waals surface area contributed by atoms with E-state index in [9.17, 15) is 22.8 Å². The number of nitrogens with zero attached hydrogens (tertiary/aromatic N) is 5. The van der Waals surface area contributed by atoms with E-state index >= 15 is 0 Å². The van der Waals surface area contributed by atoms with Gasteiger partial charge in [0.05, 0.1) is 41.9 Å². The van der Waals surface area contributed by atoms with Gasteiger partial charge in [-0.1, -0.05) is 12.1 Å². The molecule has 2 amide bonds. The van der Waals surface area contributed by atoms with Gasteiger partial charge in [0.25, 0.3) is 5.91 Å². The summed E-state index contributed by atoms with van der Waals surface area (Å²) < 4.78 is 39.1. The van der Waals surface area contributed by atoms with Crippen molar-refractivity contribution in [3.8, 4) is 12.1 Å². The topological polar surface area (TPSA) is 91.4 Å². The summed E-state index contributed by atoms with van der Waals surface area (Å²) in [4.78, 5) is 32.2. The first-order chi connectivity index (χ1) is 18.1. The van der Waals surface area contributed by atoms with Gasteiger partial charge in [0.2, 0.25) is 5.91 Å². The van der Waals surface area contributed by atoms with E-state index in [0.717, 1.165) is 17.8 Å². The van der Waals surface area contributed by atoms with Crippen LogP contribution < -0.4 is 9.80 Å². The number of piperazine rings is 1. The second kappa shape index (κ2) is 9.24. The van der Waals surface area contributed by atoms with Crippen LogP contribution in [0.15, 0.2) is 72.8 Å². The molecule has 0 bridgehead atoms. The zero-order valence-corrected chi connectivity index (χ0v) is 19.9. The summed E-state index contributed by atoms with van der Waals surface area (Å²) >= 11 is 0. The molecule has 7 nitrogen and oxygen atoms in total. The van der Waals surface area contributed by atoms with Crippen LogP contribution in [-0.2, 0) is 22.3 Å². The van der Waals surface area contributed by atoms with Crippen LogP contribution in [0.1, 0.15) is 22.3 Å². The van der Waals surface area contributed by atoms with Gasteiger partial charge in [0.1, 0.15) is 6.54 Å². The zero-order chi connectivity index (χ0) is 27.1. The summed E-state index contributed by atoms with van der Waals surface area (Å²) in [7, 11) is 0. The lowest BCUT2D eigenvalue weighted by atomic mass is 9.82. The normalized spacial score (nSPS) is 16.7.